The molecule has 0 bridgehead atoms. The molecule has 2 atom stereocenters. The fourth-order valence-corrected chi connectivity index (χ4v) is 2.97. The van der Waals surface area contributed by atoms with Gasteiger partial charge in [-0.25, -0.2) is 8.42 Å². The van der Waals surface area contributed by atoms with Crippen LogP contribution in [0.4, 0.5) is 0 Å². The Morgan fingerprint density at radius 2 is 2.05 bits per heavy atom. The van der Waals surface area contributed by atoms with Crippen LogP contribution in [0.5, 0.6) is 0 Å². The first-order chi connectivity index (χ1) is 10.2. The summed E-state index contributed by atoms with van der Waals surface area (Å²) < 4.78 is 27.7. The van der Waals surface area contributed by atoms with Crippen molar-refractivity contribution >= 4 is 9.84 Å². The van der Waals surface area contributed by atoms with E-state index in [1.165, 1.54) is 11.8 Å². The molecule has 0 saturated carbocycles. The van der Waals surface area contributed by atoms with E-state index in [4.69, 9.17) is 4.74 Å². The average molecular weight is 322 g/mol. The van der Waals surface area contributed by atoms with Gasteiger partial charge in [-0.2, -0.15) is 0 Å². The topological polar surface area (TPSA) is 43.4 Å². The largest absolute Gasteiger partial charge is 0.464 e. The zero-order valence-electron chi connectivity index (χ0n) is 13.9. The summed E-state index contributed by atoms with van der Waals surface area (Å²) in [7, 11) is -3.20. The maximum absolute atomic E-state index is 11.1. The fourth-order valence-electron chi connectivity index (χ4n) is 2.72. The quantitative estimate of drug-likeness (QED) is 0.410. The van der Waals surface area contributed by atoms with Gasteiger partial charge in [-0.1, -0.05) is 30.4 Å². The number of hydrogen-bond donors (Lipinski definition) is 0. The van der Waals surface area contributed by atoms with Crippen LogP contribution < -0.4 is 0 Å². The maximum Gasteiger partial charge on any atom is 0.171 e. The number of rotatable bonds is 6. The lowest BCUT2D eigenvalue weighted by atomic mass is 9.74. The van der Waals surface area contributed by atoms with Gasteiger partial charge in [0.25, 0.3) is 0 Å². The molecule has 0 amide bonds. The molecule has 0 aliphatic heterocycles. The monoisotopic (exact) mass is 322 g/mol. The summed E-state index contributed by atoms with van der Waals surface area (Å²) in [6.45, 7) is 14.1. The number of sulfone groups is 1. The third kappa shape index (κ3) is 5.34. The third-order valence-corrected chi connectivity index (χ3v) is 4.56. The van der Waals surface area contributed by atoms with Gasteiger partial charge in [0, 0.05) is 12.2 Å². The summed E-state index contributed by atoms with van der Waals surface area (Å²) in [6, 6.07) is 0. The summed E-state index contributed by atoms with van der Waals surface area (Å²) in [5, 5.41) is 1.04. The van der Waals surface area contributed by atoms with E-state index >= 15 is 0 Å². The maximum atomic E-state index is 11.1. The second kappa shape index (κ2) is 7.63. The first-order valence-electron chi connectivity index (χ1n) is 7.35. The van der Waals surface area contributed by atoms with Crippen LogP contribution in [-0.2, 0) is 14.6 Å². The second-order valence-electron chi connectivity index (χ2n) is 6.00. The Balaban J connectivity index is 3.11. The van der Waals surface area contributed by atoms with Gasteiger partial charge in [-0.05, 0) is 51.2 Å². The van der Waals surface area contributed by atoms with E-state index in [2.05, 4.69) is 33.1 Å². The molecule has 4 heteroatoms. The molecule has 122 valence electrons. The highest BCUT2D eigenvalue weighted by Gasteiger charge is 2.27. The van der Waals surface area contributed by atoms with Crippen molar-refractivity contribution in [1.29, 1.82) is 0 Å². The molecule has 1 aliphatic carbocycles. The van der Waals surface area contributed by atoms with Gasteiger partial charge in [-0.15, -0.1) is 0 Å². The van der Waals surface area contributed by atoms with E-state index in [1.54, 1.807) is 6.08 Å². The zero-order valence-corrected chi connectivity index (χ0v) is 14.7. The molecule has 0 radical (unpaired) electrons. The molecule has 0 aromatic heterocycles. The van der Waals surface area contributed by atoms with Gasteiger partial charge in [0.05, 0.1) is 5.41 Å². The zero-order chi connectivity index (χ0) is 16.9. The van der Waals surface area contributed by atoms with Crippen molar-refractivity contribution in [2.24, 2.45) is 11.8 Å². The molecule has 0 heterocycles. The minimum atomic E-state index is -3.20. The van der Waals surface area contributed by atoms with Crippen LogP contribution in [0.3, 0.4) is 0 Å². The standard InChI is InChI=1S/C18H26O3S/c1-7-18(21-10-11-22(6,19)20)15(5)17-12-14(4)8-9-16(17)13(2)3/h7,10-12,16-17H,1-2,8-9H2,3-6H3/b11-10+,18-15-/t16-,17-/m0/s1. The Morgan fingerprint density at radius 1 is 1.41 bits per heavy atom. The van der Waals surface area contributed by atoms with Crippen LogP contribution in [0.25, 0.3) is 0 Å². The van der Waals surface area contributed by atoms with Crippen molar-refractivity contribution in [2.45, 2.75) is 33.6 Å². The van der Waals surface area contributed by atoms with Crippen molar-refractivity contribution in [3.8, 4) is 0 Å². The SMILES string of the molecule is C=C/C(O/C=C/S(C)(=O)=O)=C(\C)[C@@H]1C=C(C)CC[C@H]1C(=C)C. The predicted octanol–water partition coefficient (Wildman–Crippen LogP) is 4.53. The molecular formula is C18H26O3S. The van der Waals surface area contributed by atoms with Crippen LogP contribution in [0.1, 0.15) is 33.6 Å². The van der Waals surface area contributed by atoms with Crippen LogP contribution in [0.15, 0.2) is 59.5 Å². The van der Waals surface area contributed by atoms with Crippen LogP contribution in [0.2, 0.25) is 0 Å². The van der Waals surface area contributed by atoms with Gasteiger partial charge < -0.3 is 4.74 Å². The van der Waals surface area contributed by atoms with Gasteiger partial charge in [0.15, 0.2) is 9.84 Å². The molecule has 0 N–H and O–H groups in total. The molecule has 0 aromatic rings. The second-order valence-corrected chi connectivity index (χ2v) is 7.93. The van der Waals surface area contributed by atoms with E-state index in [9.17, 15) is 8.42 Å². The molecule has 1 aliphatic rings. The number of ether oxygens (including phenoxy) is 1. The van der Waals surface area contributed by atoms with Crippen LogP contribution >= 0.6 is 0 Å². The van der Waals surface area contributed by atoms with Crippen LogP contribution in [0, 0.1) is 11.8 Å². The lowest BCUT2D eigenvalue weighted by Gasteiger charge is -2.31. The van der Waals surface area contributed by atoms with Crippen molar-refractivity contribution < 1.29 is 13.2 Å². The van der Waals surface area contributed by atoms with Crippen molar-refractivity contribution in [2.75, 3.05) is 6.26 Å². The van der Waals surface area contributed by atoms with Gasteiger partial charge in [-0.3, -0.25) is 0 Å². The highest BCUT2D eigenvalue weighted by molar-refractivity contribution is 7.93. The van der Waals surface area contributed by atoms with E-state index in [0.29, 0.717) is 11.7 Å². The first kappa shape index (κ1) is 18.5. The highest BCUT2D eigenvalue weighted by atomic mass is 32.2. The predicted molar refractivity (Wildman–Crippen MR) is 92.8 cm³/mol. The fraction of sp³-hybridized carbons (Fsp3) is 0.444. The number of hydrogen-bond acceptors (Lipinski definition) is 3. The third-order valence-electron chi connectivity index (χ3n) is 3.95. The smallest absolute Gasteiger partial charge is 0.171 e. The Hall–Kier alpha value is -1.55. The molecule has 0 unspecified atom stereocenters. The Kier molecular flexibility index (Phi) is 6.42. The van der Waals surface area contributed by atoms with Crippen molar-refractivity contribution in [3.05, 3.63) is 59.5 Å². The Labute approximate surface area is 134 Å². The minimum absolute atomic E-state index is 0.214. The first-order valence-corrected chi connectivity index (χ1v) is 9.30. The Morgan fingerprint density at radius 3 is 2.55 bits per heavy atom. The molecule has 1 rings (SSSR count). The normalized spacial score (nSPS) is 23.7. The van der Waals surface area contributed by atoms with Gasteiger partial charge in [0.1, 0.15) is 12.0 Å². The lowest BCUT2D eigenvalue weighted by molar-refractivity contribution is 0.347. The molecule has 0 aromatic carbocycles. The molecule has 3 nitrogen and oxygen atoms in total. The van der Waals surface area contributed by atoms with Gasteiger partial charge >= 0.3 is 0 Å². The molecule has 0 spiro atoms. The highest BCUT2D eigenvalue weighted by Crippen LogP contribution is 2.38. The van der Waals surface area contributed by atoms with Crippen LogP contribution in [-0.4, -0.2) is 14.7 Å². The molecule has 0 fully saturated rings. The van der Waals surface area contributed by atoms with E-state index in [-0.39, 0.29) is 5.92 Å². The summed E-state index contributed by atoms with van der Waals surface area (Å²) >= 11 is 0. The molecular weight excluding hydrogens is 296 g/mol. The molecule has 0 saturated heterocycles. The minimum Gasteiger partial charge on any atom is -0.464 e. The number of allylic oxidation sites excluding steroid dienone is 5. The summed E-state index contributed by atoms with van der Waals surface area (Å²) in [4.78, 5) is 0. The Bertz CT molecular complexity index is 633. The van der Waals surface area contributed by atoms with E-state index in [0.717, 1.165) is 35.7 Å². The molecule has 22 heavy (non-hydrogen) atoms. The van der Waals surface area contributed by atoms with Gasteiger partial charge in [0.2, 0.25) is 0 Å². The van der Waals surface area contributed by atoms with E-state index in [1.807, 2.05) is 6.92 Å². The average Bonchev–Trinajstić information content (AvgIpc) is 2.41. The van der Waals surface area contributed by atoms with Crippen molar-refractivity contribution in [3.63, 3.8) is 0 Å². The summed E-state index contributed by atoms with van der Waals surface area (Å²) in [5.41, 5.74) is 3.56. The van der Waals surface area contributed by atoms with E-state index < -0.39 is 9.84 Å². The lowest BCUT2D eigenvalue weighted by Crippen LogP contribution is -2.20. The summed E-state index contributed by atoms with van der Waals surface area (Å²) in [5.74, 6) is 1.19. The van der Waals surface area contributed by atoms with Crippen molar-refractivity contribution in [1.82, 2.24) is 0 Å². The summed E-state index contributed by atoms with van der Waals surface area (Å²) in [6.07, 6.45) is 8.36.